The molecule has 140 valence electrons. The van der Waals surface area contributed by atoms with Gasteiger partial charge in [-0.3, -0.25) is 14.4 Å². The van der Waals surface area contributed by atoms with Crippen LogP contribution < -0.4 is 16.1 Å². The number of carbonyl (C=O) groups excluding carboxylic acids is 2. The van der Waals surface area contributed by atoms with E-state index in [9.17, 15) is 14.4 Å². The van der Waals surface area contributed by atoms with Gasteiger partial charge in [-0.15, -0.1) is 11.3 Å². The Morgan fingerprint density at radius 3 is 2.70 bits per heavy atom. The van der Waals surface area contributed by atoms with E-state index >= 15 is 0 Å². The normalized spacial score (nSPS) is 10.7. The van der Waals surface area contributed by atoms with Crippen molar-refractivity contribution >= 4 is 34.1 Å². The number of aromatic nitrogens is 2. The number of rotatable bonds is 6. The van der Waals surface area contributed by atoms with Gasteiger partial charge in [0.2, 0.25) is 11.3 Å². The van der Waals surface area contributed by atoms with Crippen molar-refractivity contribution in [2.75, 3.05) is 13.1 Å². The van der Waals surface area contributed by atoms with Crippen LogP contribution in [0.4, 0.5) is 0 Å². The topological polar surface area (TPSA) is 104 Å². The second-order valence-electron chi connectivity index (χ2n) is 6.10. The predicted octanol–water partition coefficient (Wildman–Crippen LogP) is 1.69. The quantitative estimate of drug-likeness (QED) is 0.602. The van der Waals surface area contributed by atoms with Crippen molar-refractivity contribution in [2.24, 2.45) is 0 Å². The fraction of sp³-hybridized carbons (Fsp3) is 0.263. The van der Waals surface area contributed by atoms with Crippen LogP contribution >= 0.6 is 11.3 Å². The Hall–Kier alpha value is -3.00. The molecule has 0 atom stereocenters. The minimum Gasteiger partial charge on any atom is -0.360 e. The van der Waals surface area contributed by atoms with Gasteiger partial charge in [0.05, 0.1) is 17.2 Å². The largest absolute Gasteiger partial charge is 0.360 e. The van der Waals surface area contributed by atoms with E-state index < -0.39 is 5.91 Å². The van der Waals surface area contributed by atoms with E-state index in [-0.39, 0.29) is 23.4 Å². The van der Waals surface area contributed by atoms with Gasteiger partial charge in [-0.2, -0.15) is 0 Å². The monoisotopic (exact) mass is 384 g/mol. The fourth-order valence-corrected chi connectivity index (χ4v) is 3.71. The minimum absolute atomic E-state index is 0.0164. The number of H-pyrrole nitrogens is 1. The second kappa shape index (κ2) is 8.13. The van der Waals surface area contributed by atoms with Crippen molar-refractivity contribution in [3.05, 3.63) is 61.8 Å². The third-order valence-corrected chi connectivity index (χ3v) is 5.25. The zero-order chi connectivity index (χ0) is 19.4. The first-order valence-corrected chi connectivity index (χ1v) is 9.35. The Morgan fingerprint density at radius 2 is 1.96 bits per heavy atom. The average molecular weight is 384 g/mol. The van der Waals surface area contributed by atoms with Gasteiger partial charge >= 0.3 is 0 Å². The van der Waals surface area contributed by atoms with E-state index in [1.54, 1.807) is 35.6 Å². The molecule has 3 N–H and O–H groups in total. The lowest BCUT2D eigenvalue weighted by Gasteiger charge is -2.07. The van der Waals surface area contributed by atoms with Gasteiger partial charge in [0.15, 0.2) is 0 Å². The number of hydrogen-bond donors (Lipinski definition) is 3. The van der Waals surface area contributed by atoms with Crippen LogP contribution in [0, 0.1) is 13.8 Å². The van der Waals surface area contributed by atoms with Crippen LogP contribution in [0.2, 0.25) is 0 Å². The van der Waals surface area contributed by atoms with Crippen LogP contribution in [0.1, 0.15) is 25.9 Å². The van der Waals surface area contributed by atoms with E-state index in [4.69, 9.17) is 0 Å². The zero-order valence-corrected chi connectivity index (χ0v) is 15.9. The molecule has 0 saturated heterocycles. The minimum atomic E-state index is -0.578. The highest BCUT2D eigenvalue weighted by Crippen LogP contribution is 2.17. The third-order valence-electron chi connectivity index (χ3n) is 4.12. The lowest BCUT2D eigenvalue weighted by Crippen LogP contribution is -2.39. The van der Waals surface area contributed by atoms with Gasteiger partial charge in [-0.05, 0) is 26.0 Å². The Bertz CT molecular complexity index is 1050. The first-order valence-electron chi connectivity index (χ1n) is 8.54. The summed E-state index contributed by atoms with van der Waals surface area (Å²) in [4.78, 5) is 45.0. The molecule has 0 unspecified atom stereocenters. The summed E-state index contributed by atoms with van der Waals surface area (Å²) in [5, 5.41) is 6.68. The molecule has 7 nitrogen and oxygen atoms in total. The molecule has 2 amide bonds. The number of amides is 2. The van der Waals surface area contributed by atoms with Gasteiger partial charge in [-0.25, -0.2) is 4.98 Å². The van der Waals surface area contributed by atoms with Crippen LogP contribution in [-0.2, 0) is 11.2 Å². The van der Waals surface area contributed by atoms with Crippen molar-refractivity contribution < 1.29 is 9.59 Å². The van der Waals surface area contributed by atoms with Crippen molar-refractivity contribution in [1.82, 2.24) is 20.6 Å². The van der Waals surface area contributed by atoms with Crippen LogP contribution in [0.25, 0.3) is 10.9 Å². The highest BCUT2D eigenvalue weighted by atomic mass is 32.1. The van der Waals surface area contributed by atoms with Gasteiger partial charge in [0.25, 0.3) is 5.91 Å². The predicted molar refractivity (Wildman–Crippen MR) is 105 cm³/mol. The maximum atomic E-state index is 12.4. The molecular weight excluding hydrogens is 364 g/mol. The molecule has 2 heterocycles. The number of pyridine rings is 1. The van der Waals surface area contributed by atoms with E-state index in [1.807, 2.05) is 13.8 Å². The van der Waals surface area contributed by atoms with Gasteiger partial charge in [0.1, 0.15) is 5.56 Å². The summed E-state index contributed by atoms with van der Waals surface area (Å²) < 4.78 is 0. The van der Waals surface area contributed by atoms with Gasteiger partial charge in [0, 0.05) is 34.9 Å². The van der Waals surface area contributed by atoms with Crippen molar-refractivity contribution in [2.45, 2.75) is 20.3 Å². The number of benzene rings is 1. The Labute approximate surface area is 159 Å². The smallest absolute Gasteiger partial charge is 0.257 e. The third kappa shape index (κ3) is 4.40. The first kappa shape index (κ1) is 18.8. The lowest BCUT2D eigenvalue weighted by atomic mass is 10.1. The average Bonchev–Trinajstić information content (AvgIpc) is 2.97. The van der Waals surface area contributed by atoms with Crippen LogP contribution in [0.5, 0.6) is 0 Å². The summed E-state index contributed by atoms with van der Waals surface area (Å²) in [6.07, 6.45) is 2.06. The van der Waals surface area contributed by atoms with Crippen LogP contribution in [-0.4, -0.2) is 34.9 Å². The molecule has 1 aromatic carbocycles. The van der Waals surface area contributed by atoms with Crippen molar-refractivity contribution in [3.8, 4) is 0 Å². The molecule has 0 bridgehead atoms. The first-order chi connectivity index (χ1) is 13.0. The standard InChI is InChI=1S/C19H20N4O3S/c1-11-16(27-12(2)23-11)7-8-20-17(24)10-22-19(26)14-9-21-15-6-4-3-5-13(15)18(14)25/h3-6,9H,7-8,10H2,1-2H3,(H,20,24)(H,21,25)(H,22,26). The summed E-state index contributed by atoms with van der Waals surface area (Å²) in [6.45, 7) is 4.17. The summed E-state index contributed by atoms with van der Waals surface area (Å²) in [5.41, 5.74) is 1.26. The van der Waals surface area contributed by atoms with Crippen LogP contribution in [0.3, 0.4) is 0 Å². The summed E-state index contributed by atoms with van der Waals surface area (Å²) >= 11 is 1.61. The number of carbonyl (C=O) groups is 2. The molecule has 0 saturated carbocycles. The summed E-state index contributed by atoms with van der Waals surface area (Å²) in [6, 6.07) is 6.95. The zero-order valence-electron chi connectivity index (χ0n) is 15.1. The summed E-state index contributed by atoms with van der Waals surface area (Å²) in [5.74, 6) is -0.884. The van der Waals surface area contributed by atoms with E-state index in [0.29, 0.717) is 23.9 Å². The van der Waals surface area contributed by atoms with Gasteiger partial charge < -0.3 is 15.6 Å². The maximum Gasteiger partial charge on any atom is 0.257 e. The molecule has 0 fully saturated rings. The number of thiazole rings is 1. The lowest BCUT2D eigenvalue weighted by molar-refractivity contribution is -0.120. The maximum absolute atomic E-state index is 12.4. The van der Waals surface area contributed by atoms with Gasteiger partial charge in [-0.1, -0.05) is 12.1 Å². The highest BCUT2D eigenvalue weighted by Gasteiger charge is 2.14. The number of para-hydroxylation sites is 1. The SMILES string of the molecule is Cc1nc(C)c(CCNC(=O)CNC(=O)c2c[nH]c3ccccc3c2=O)s1. The molecular formula is C19H20N4O3S. The van der Waals surface area contributed by atoms with E-state index in [2.05, 4.69) is 20.6 Å². The molecule has 0 spiro atoms. The molecule has 3 aromatic rings. The highest BCUT2D eigenvalue weighted by molar-refractivity contribution is 7.11. The van der Waals surface area contributed by atoms with E-state index in [1.165, 1.54) is 6.20 Å². The number of nitrogens with one attached hydrogen (secondary N) is 3. The molecule has 0 radical (unpaired) electrons. The molecule has 8 heteroatoms. The molecule has 3 rings (SSSR count). The molecule has 0 aliphatic carbocycles. The number of nitrogens with zero attached hydrogens (tertiary/aromatic N) is 1. The Balaban J connectivity index is 1.53. The second-order valence-corrected chi connectivity index (χ2v) is 7.39. The Kier molecular flexibility index (Phi) is 5.66. The molecule has 0 aliphatic rings. The number of aromatic amines is 1. The molecule has 2 aromatic heterocycles. The summed E-state index contributed by atoms with van der Waals surface area (Å²) in [7, 11) is 0. The molecule has 0 aliphatic heterocycles. The number of fused-ring (bicyclic) bond motifs is 1. The van der Waals surface area contributed by atoms with Crippen LogP contribution in [0.15, 0.2) is 35.3 Å². The Morgan fingerprint density at radius 1 is 1.19 bits per heavy atom. The van der Waals surface area contributed by atoms with Crippen molar-refractivity contribution in [1.29, 1.82) is 0 Å². The number of aryl methyl sites for hydroxylation is 2. The van der Waals surface area contributed by atoms with E-state index in [0.717, 1.165) is 15.6 Å². The fourth-order valence-electron chi connectivity index (χ4n) is 2.78. The molecule has 27 heavy (non-hydrogen) atoms. The number of hydrogen-bond acceptors (Lipinski definition) is 5. The van der Waals surface area contributed by atoms with Crippen molar-refractivity contribution in [3.63, 3.8) is 0 Å².